The van der Waals surface area contributed by atoms with Crippen molar-refractivity contribution in [3.63, 3.8) is 0 Å². The molecule has 0 bridgehead atoms. The highest BCUT2D eigenvalue weighted by molar-refractivity contribution is 7.86. The molecule has 1 rings (SSSR count). The Hall–Kier alpha value is -2.13. The van der Waals surface area contributed by atoms with Crippen LogP contribution in [0.2, 0.25) is 0 Å². The smallest absolute Gasteiger partial charge is 0.408 e. The van der Waals surface area contributed by atoms with Gasteiger partial charge >= 0.3 is 12.1 Å². The van der Waals surface area contributed by atoms with Crippen molar-refractivity contribution < 1.29 is 31.7 Å². The van der Waals surface area contributed by atoms with Crippen LogP contribution in [0.5, 0.6) is 0 Å². The highest BCUT2D eigenvalue weighted by atomic mass is 32.2. The summed E-state index contributed by atoms with van der Waals surface area (Å²) in [5.74, 6) is -1.17. The minimum Gasteiger partial charge on any atom is -0.464 e. The summed E-state index contributed by atoms with van der Waals surface area (Å²) in [7, 11) is -3.85. The average molecular weight is 416 g/mol. The number of esters is 1. The Bertz CT molecular complexity index is 726. The van der Waals surface area contributed by atoms with Crippen molar-refractivity contribution in [3.05, 3.63) is 35.9 Å². The Morgan fingerprint density at radius 1 is 1.11 bits per heavy atom. The maximum atomic E-state index is 12.1. The van der Waals surface area contributed by atoms with E-state index in [1.165, 1.54) is 0 Å². The number of carbonyl (C=O) groups is 2. The molecule has 0 aliphatic heterocycles. The molecule has 158 valence electrons. The van der Waals surface area contributed by atoms with Gasteiger partial charge in [-0.1, -0.05) is 51.1 Å². The third-order valence-electron chi connectivity index (χ3n) is 3.40. The molecule has 0 aliphatic rings. The van der Waals surface area contributed by atoms with Gasteiger partial charge in [0.25, 0.3) is 10.1 Å². The summed E-state index contributed by atoms with van der Waals surface area (Å²) in [5.41, 5.74) is 0.455. The number of alkyl carbamates (subject to hydrolysis) is 1. The van der Waals surface area contributed by atoms with Gasteiger partial charge in [0.05, 0.1) is 19.0 Å². The molecule has 1 N–H and O–H groups in total. The third kappa shape index (κ3) is 10.3. The van der Waals surface area contributed by atoms with Gasteiger partial charge in [-0.15, -0.1) is 0 Å². The van der Waals surface area contributed by atoms with Crippen molar-refractivity contribution >= 4 is 22.2 Å². The van der Waals surface area contributed by atoms with Gasteiger partial charge in [0.2, 0.25) is 0 Å². The molecule has 0 saturated heterocycles. The summed E-state index contributed by atoms with van der Waals surface area (Å²) in [5, 5.41) is 2.36. The molecule has 0 fully saturated rings. The van der Waals surface area contributed by atoms with E-state index in [0.717, 1.165) is 5.56 Å². The first-order chi connectivity index (χ1) is 13.0. The van der Waals surface area contributed by atoms with Crippen molar-refractivity contribution in [1.29, 1.82) is 0 Å². The molecule has 0 aromatic heterocycles. The Morgan fingerprint density at radius 2 is 1.75 bits per heavy atom. The zero-order valence-corrected chi connectivity index (χ0v) is 17.6. The lowest BCUT2D eigenvalue weighted by Crippen LogP contribution is -2.43. The molecular weight excluding hydrogens is 386 g/mol. The zero-order valence-electron chi connectivity index (χ0n) is 16.8. The van der Waals surface area contributed by atoms with Crippen molar-refractivity contribution in [2.24, 2.45) is 5.41 Å². The monoisotopic (exact) mass is 415 g/mol. The molecule has 0 heterocycles. The fourth-order valence-corrected chi connectivity index (χ4v) is 3.16. The Labute approximate surface area is 166 Å². The Kier molecular flexibility index (Phi) is 9.40. The molecule has 1 atom stereocenters. The first kappa shape index (κ1) is 23.9. The van der Waals surface area contributed by atoms with E-state index in [1.54, 1.807) is 31.2 Å². The van der Waals surface area contributed by atoms with Gasteiger partial charge in [0.1, 0.15) is 12.6 Å². The van der Waals surface area contributed by atoms with Crippen molar-refractivity contribution in [3.8, 4) is 0 Å². The van der Waals surface area contributed by atoms with Crippen LogP contribution >= 0.6 is 0 Å². The van der Waals surface area contributed by atoms with Gasteiger partial charge < -0.3 is 14.8 Å². The van der Waals surface area contributed by atoms with Gasteiger partial charge in [0.15, 0.2) is 0 Å². The van der Waals surface area contributed by atoms with E-state index in [0.29, 0.717) is 0 Å². The molecule has 0 radical (unpaired) electrons. The molecule has 1 aromatic rings. The fourth-order valence-electron chi connectivity index (χ4n) is 1.99. The van der Waals surface area contributed by atoms with E-state index >= 15 is 0 Å². The van der Waals surface area contributed by atoms with Crippen molar-refractivity contribution in [1.82, 2.24) is 5.32 Å². The van der Waals surface area contributed by atoms with Crippen LogP contribution in [0.3, 0.4) is 0 Å². The fraction of sp³-hybridized carbons (Fsp3) is 0.579. The van der Waals surface area contributed by atoms with Crippen LogP contribution in [0.4, 0.5) is 4.79 Å². The van der Waals surface area contributed by atoms with Crippen LogP contribution in [0, 0.1) is 5.41 Å². The molecule has 0 aliphatic carbocycles. The molecule has 8 nitrogen and oxygen atoms in total. The SMILES string of the molecule is CCOC(=O)[C@H](CCS(=O)(=O)OCC(C)(C)C)NC(=O)OCc1ccccc1. The average Bonchev–Trinajstić information content (AvgIpc) is 2.62. The van der Waals surface area contributed by atoms with Crippen LogP contribution < -0.4 is 5.32 Å². The van der Waals surface area contributed by atoms with Crippen LogP contribution in [0.25, 0.3) is 0 Å². The topological polar surface area (TPSA) is 108 Å². The Balaban J connectivity index is 2.62. The van der Waals surface area contributed by atoms with E-state index in [1.807, 2.05) is 26.8 Å². The number of hydrogen-bond donors (Lipinski definition) is 1. The predicted molar refractivity (Wildman–Crippen MR) is 104 cm³/mol. The quantitative estimate of drug-likeness (QED) is 0.462. The summed E-state index contributed by atoms with van der Waals surface area (Å²) in [6.45, 7) is 7.28. The highest BCUT2D eigenvalue weighted by Gasteiger charge is 2.26. The lowest BCUT2D eigenvalue weighted by atomic mass is 9.99. The van der Waals surface area contributed by atoms with Gasteiger partial charge in [-0.3, -0.25) is 4.18 Å². The number of ether oxygens (including phenoxy) is 2. The standard InChI is InChI=1S/C19H29NO7S/c1-5-25-17(21)16(11-12-28(23,24)27-14-19(2,3)4)20-18(22)26-13-15-9-7-6-8-10-15/h6-10,16H,5,11-14H2,1-4H3,(H,20,22)/t16-/m0/s1. The van der Waals surface area contributed by atoms with Gasteiger partial charge in [0, 0.05) is 0 Å². The Morgan fingerprint density at radius 3 is 2.32 bits per heavy atom. The molecule has 0 spiro atoms. The predicted octanol–water partition coefficient (Wildman–Crippen LogP) is 2.63. The molecule has 1 amide bonds. The second kappa shape index (κ2) is 11.0. The molecule has 28 heavy (non-hydrogen) atoms. The molecule has 1 aromatic carbocycles. The minimum absolute atomic E-state index is 0.0198. The molecule has 9 heteroatoms. The second-order valence-corrected chi connectivity index (χ2v) is 9.14. The van der Waals surface area contributed by atoms with E-state index in [4.69, 9.17) is 13.7 Å². The minimum atomic E-state index is -3.85. The molecular formula is C19H29NO7S. The number of rotatable bonds is 10. The summed E-state index contributed by atoms with van der Waals surface area (Å²) in [6.07, 6.45) is -1.03. The van der Waals surface area contributed by atoms with Gasteiger partial charge in [-0.2, -0.15) is 8.42 Å². The number of carbonyl (C=O) groups excluding carboxylic acids is 2. The van der Waals surface area contributed by atoms with E-state index in [9.17, 15) is 18.0 Å². The number of nitrogens with one attached hydrogen (secondary N) is 1. The normalized spacial score (nSPS) is 12.9. The summed E-state index contributed by atoms with van der Waals surface area (Å²) in [6, 6.07) is 7.87. The van der Waals surface area contributed by atoms with Crippen LogP contribution in [-0.4, -0.2) is 45.5 Å². The second-order valence-electron chi connectivity index (χ2n) is 7.38. The van der Waals surface area contributed by atoms with Crippen molar-refractivity contribution in [2.75, 3.05) is 19.0 Å². The maximum absolute atomic E-state index is 12.1. The van der Waals surface area contributed by atoms with E-state index < -0.39 is 34.0 Å². The number of hydrogen-bond acceptors (Lipinski definition) is 7. The van der Waals surface area contributed by atoms with Gasteiger partial charge in [-0.25, -0.2) is 9.59 Å². The summed E-state index contributed by atoms with van der Waals surface area (Å²) < 4.78 is 39.0. The lowest BCUT2D eigenvalue weighted by Gasteiger charge is -2.19. The molecule has 0 saturated carbocycles. The summed E-state index contributed by atoms with van der Waals surface area (Å²) in [4.78, 5) is 24.1. The largest absolute Gasteiger partial charge is 0.464 e. The number of benzene rings is 1. The first-order valence-electron chi connectivity index (χ1n) is 9.03. The van der Waals surface area contributed by atoms with Crippen LogP contribution in [0.1, 0.15) is 39.7 Å². The van der Waals surface area contributed by atoms with E-state index in [2.05, 4.69) is 5.32 Å². The summed E-state index contributed by atoms with van der Waals surface area (Å²) >= 11 is 0. The lowest BCUT2D eigenvalue weighted by molar-refractivity contribution is -0.145. The number of amides is 1. The van der Waals surface area contributed by atoms with E-state index in [-0.39, 0.29) is 31.7 Å². The van der Waals surface area contributed by atoms with Crippen LogP contribution in [-0.2, 0) is 35.2 Å². The molecule has 0 unspecified atom stereocenters. The van der Waals surface area contributed by atoms with Gasteiger partial charge in [-0.05, 0) is 24.3 Å². The maximum Gasteiger partial charge on any atom is 0.408 e. The zero-order chi connectivity index (χ0) is 21.2. The third-order valence-corrected chi connectivity index (χ3v) is 4.62. The highest BCUT2D eigenvalue weighted by Crippen LogP contribution is 2.15. The van der Waals surface area contributed by atoms with Crippen LogP contribution in [0.15, 0.2) is 30.3 Å². The van der Waals surface area contributed by atoms with Crippen molar-refractivity contribution in [2.45, 2.75) is 46.8 Å². The first-order valence-corrected chi connectivity index (χ1v) is 10.6.